The van der Waals surface area contributed by atoms with E-state index in [1.807, 2.05) is 0 Å². The van der Waals surface area contributed by atoms with Gasteiger partial charge < -0.3 is 14.4 Å². The predicted molar refractivity (Wildman–Crippen MR) is 231 cm³/mol. The molecule has 0 N–H and O–H groups in total. The van der Waals surface area contributed by atoms with E-state index in [2.05, 4.69) is 38.2 Å². The Labute approximate surface area is 344 Å². The van der Waals surface area contributed by atoms with E-state index in [9.17, 15) is 22.8 Å². The highest BCUT2D eigenvalue weighted by atomic mass is 32.2. The molecule has 1 amide bonds. The fraction of sp³-hybridized carbons (Fsp3) is 0.844. The van der Waals surface area contributed by atoms with Crippen molar-refractivity contribution in [2.24, 2.45) is 0 Å². The number of nitrogens with zero attached hydrogens (tertiary/aromatic N) is 2. The van der Waals surface area contributed by atoms with Crippen molar-refractivity contribution in [3.8, 4) is 0 Å². The minimum absolute atomic E-state index is 0.0298. The summed E-state index contributed by atoms with van der Waals surface area (Å²) in [6, 6.07) is 0. The minimum Gasteiger partial charge on any atom is -0.464 e. The molecule has 0 aromatic carbocycles. The number of carbonyl (C=O) groups excluding carboxylic acids is 3. The van der Waals surface area contributed by atoms with Crippen molar-refractivity contribution in [1.82, 2.24) is 9.80 Å². The van der Waals surface area contributed by atoms with Gasteiger partial charge in [0.25, 0.3) is 10.1 Å². The van der Waals surface area contributed by atoms with Crippen LogP contribution in [0.5, 0.6) is 0 Å². The van der Waals surface area contributed by atoms with Gasteiger partial charge in [-0.25, -0.2) is 0 Å². The lowest BCUT2D eigenvalue weighted by Crippen LogP contribution is -2.43. The van der Waals surface area contributed by atoms with E-state index >= 15 is 0 Å². The van der Waals surface area contributed by atoms with E-state index < -0.39 is 10.1 Å². The number of carbonyl (C=O) groups is 3. The standard InChI is InChI=1S/C45H84N2O8S/c1-5-7-9-11-13-15-17-19-21-23-25-27-29-31-33-35-44(49)53-39-37-47(43(48)41-46(3)42-55-56(4,51)52)38-40-54-45(50)36-34-32-30-28-26-24-22-20-18-16-14-12-10-8-6-2/h19-22H,5-18,23-42H2,1-4H3. The third kappa shape index (κ3) is 40.0. The number of hydrogen-bond donors (Lipinski definition) is 0. The van der Waals surface area contributed by atoms with Crippen LogP contribution in [0.15, 0.2) is 24.3 Å². The van der Waals surface area contributed by atoms with Gasteiger partial charge in [0, 0.05) is 12.8 Å². The Morgan fingerprint density at radius 2 is 0.857 bits per heavy atom. The van der Waals surface area contributed by atoms with Gasteiger partial charge in [0.1, 0.15) is 19.9 Å². The maximum atomic E-state index is 13.1. The largest absolute Gasteiger partial charge is 0.464 e. The number of rotatable bonds is 41. The van der Waals surface area contributed by atoms with Gasteiger partial charge in [-0.15, -0.1) is 0 Å². The van der Waals surface area contributed by atoms with Crippen LogP contribution in [-0.2, 0) is 38.2 Å². The van der Waals surface area contributed by atoms with Crippen LogP contribution in [-0.4, -0.2) is 88.9 Å². The lowest BCUT2D eigenvalue weighted by molar-refractivity contribution is -0.148. The molecule has 0 unspecified atom stereocenters. The van der Waals surface area contributed by atoms with E-state index in [0.29, 0.717) is 12.8 Å². The Hall–Kier alpha value is -2.24. The zero-order chi connectivity index (χ0) is 41.4. The van der Waals surface area contributed by atoms with Crippen LogP contribution in [0, 0.1) is 0 Å². The SMILES string of the molecule is CCCCCCCCC=CCCCCCCCC(=O)OCCN(CCOC(=O)CCCCCCCC=CCCCCCCCC)C(=O)CN(C)COS(C)(=O)=O. The molecule has 0 aromatic rings. The summed E-state index contributed by atoms with van der Waals surface area (Å²) in [7, 11) is -2.08. The normalized spacial score (nSPS) is 11.9. The van der Waals surface area contributed by atoms with Crippen LogP contribution in [0.4, 0.5) is 0 Å². The first-order chi connectivity index (χ1) is 27.1. The molecule has 0 saturated heterocycles. The summed E-state index contributed by atoms with van der Waals surface area (Å²) in [6.07, 6.45) is 41.8. The van der Waals surface area contributed by atoms with Gasteiger partial charge in [-0.05, 0) is 71.3 Å². The molecule has 0 atom stereocenters. The second kappa shape index (κ2) is 39.6. The molecule has 0 aliphatic carbocycles. The maximum Gasteiger partial charge on any atom is 0.305 e. The first-order valence-corrected chi connectivity index (χ1v) is 24.3. The number of unbranched alkanes of at least 4 members (excludes halogenated alkanes) is 22. The van der Waals surface area contributed by atoms with E-state index in [1.165, 1.54) is 113 Å². The molecule has 0 spiro atoms. The molecule has 328 valence electrons. The number of likely N-dealkylation sites (N-methyl/N-ethyl adjacent to an activating group) is 1. The van der Waals surface area contributed by atoms with Gasteiger partial charge in [0.15, 0.2) is 0 Å². The Morgan fingerprint density at radius 3 is 1.21 bits per heavy atom. The van der Waals surface area contributed by atoms with Gasteiger partial charge >= 0.3 is 11.9 Å². The van der Waals surface area contributed by atoms with E-state index in [4.69, 9.17) is 13.7 Å². The van der Waals surface area contributed by atoms with Crippen molar-refractivity contribution < 1.29 is 36.5 Å². The fourth-order valence-corrected chi connectivity index (χ4v) is 6.66. The van der Waals surface area contributed by atoms with Gasteiger partial charge in [0.2, 0.25) is 5.91 Å². The smallest absolute Gasteiger partial charge is 0.305 e. The van der Waals surface area contributed by atoms with Crippen LogP contribution in [0.2, 0.25) is 0 Å². The molecule has 0 aliphatic heterocycles. The lowest BCUT2D eigenvalue weighted by Gasteiger charge is -2.25. The van der Waals surface area contributed by atoms with E-state index in [-0.39, 0.29) is 57.4 Å². The molecule has 0 bridgehead atoms. The summed E-state index contributed by atoms with van der Waals surface area (Å²) in [5, 5.41) is 0. The Balaban J connectivity index is 4.29. The molecule has 0 saturated carbocycles. The summed E-state index contributed by atoms with van der Waals surface area (Å²) < 4.78 is 38.4. The summed E-state index contributed by atoms with van der Waals surface area (Å²) in [5.74, 6) is -0.897. The molecule has 0 radical (unpaired) electrons. The van der Waals surface area contributed by atoms with Crippen LogP contribution >= 0.6 is 0 Å². The zero-order valence-corrected chi connectivity index (χ0v) is 37.2. The highest BCUT2D eigenvalue weighted by molar-refractivity contribution is 7.85. The van der Waals surface area contributed by atoms with Crippen LogP contribution in [0.25, 0.3) is 0 Å². The number of amides is 1. The van der Waals surface area contributed by atoms with Gasteiger partial charge in [-0.3, -0.25) is 23.5 Å². The average Bonchev–Trinajstić information content (AvgIpc) is 3.16. The lowest BCUT2D eigenvalue weighted by atomic mass is 10.1. The third-order valence-corrected chi connectivity index (χ3v) is 10.3. The molecule has 56 heavy (non-hydrogen) atoms. The monoisotopic (exact) mass is 813 g/mol. The van der Waals surface area contributed by atoms with Crippen molar-refractivity contribution in [2.75, 3.05) is 52.9 Å². The quantitative estimate of drug-likeness (QED) is 0.0195. The first kappa shape index (κ1) is 53.8. The molecule has 11 heteroatoms. The number of hydrogen-bond acceptors (Lipinski definition) is 9. The van der Waals surface area contributed by atoms with Crippen molar-refractivity contribution in [3.63, 3.8) is 0 Å². The molecule has 0 heterocycles. The van der Waals surface area contributed by atoms with Crippen LogP contribution in [0.3, 0.4) is 0 Å². The van der Waals surface area contributed by atoms with Gasteiger partial charge in [-0.1, -0.05) is 141 Å². The van der Waals surface area contributed by atoms with Crippen molar-refractivity contribution in [3.05, 3.63) is 24.3 Å². The van der Waals surface area contributed by atoms with E-state index in [1.54, 1.807) is 7.05 Å². The van der Waals surface area contributed by atoms with Crippen LogP contribution < -0.4 is 0 Å². The third-order valence-electron chi connectivity index (χ3n) is 9.78. The maximum absolute atomic E-state index is 13.1. The summed E-state index contributed by atoms with van der Waals surface area (Å²) in [4.78, 5) is 40.8. The van der Waals surface area contributed by atoms with Gasteiger partial charge in [-0.2, -0.15) is 8.42 Å². The molecule has 0 aromatic heterocycles. The highest BCUT2D eigenvalue weighted by Crippen LogP contribution is 2.12. The molecule has 10 nitrogen and oxygen atoms in total. The summed E-state index contributed by atoms with van der Waals surface area (Å²) in [6.45, 7) is 4.46. The molecular weight excluding hydrogens is 729 g/mol. The first-order valence-electron chi connectivity index (χ1n) is 22.5. The predicted octanol–water partition coefficient (Wildman–Crippen LogP) is 10.8. The van der Waals surface area contributed by atoms with Crippen molar-refractivity contribution >= 4 is 28.0 Å². The van der Waals surface area contributed by atoms with E-state index in [0.717, 1.165) is 70.5 Å². The number of esters is 2. The average molecular weight is 813 g/mol. The van der Waals surface area contributed by atoms with Crippen molar-refractivity contribution in [2.45, 2.75) is 194 Å². The molecule has 0 aliphatic rings. The molecule has 0 fully saturated rings. The highest BCUT2D eigenvalue weighted by Gasteiger charge is 2.18. The molecular formula is C45H84N2O8S. The summed E-state index contributed by atoms with van der Waals surface area (Å²) in [5.41, 5.74) is 0. The fourth-order valence-electron chi connectivity index (χ4n) is 6.29. The number of ether oxygens (including phenoxy) is 2. The summed E-state index contributed by atoms with van der Waals surface area (Å²) >= 11 is 0. The van der Waals surface area contributed by atoms with Crippen LogP contribution in [0.1, 0.15) is 194 Å². The van der Waals surface area contributed by atoms with Gasteiger partial charge in [0.05, 0.1) is 25.9 Å². The topological polar surface area (TPSA) is 120 Å². The number of allylic oxidation sites excluding steroid dienone is 4. The Kier molecular flexibility index (Phi) is 38.0. The Bertz CT molecular complexity index is 1050. The molecule has 0 rings (SSSR count). The minimum atomic E-state index is -3.66. The Morgan fingerprint density at radius 1 is 0.518 bits per heavy atom. The van der Waals surface area contributed by atoms with Crippen molar-refractivity contribution in [1.29, 1.82) is 0 Å². The second-order valence-corrected chi connectivity index (χ2v) is 17.1. The zero-order valence-electron chi connectivity index (χ0n) is 36.4. The second-order valence-electron chi connectivity index (χ2n) is 15.5.